The summed E-state index contributed by atoms with van der Waals surface area (Å²) in [5, 5.41) is 1.62. The Morgan fingerprint density at radius 2 is 0.765 bits per heavy atom. The van der Waals surface area contributed by atoms with Gasteiger partial charge in [-0.2, -0.15) is 0 Å². The van der Waals surface area contributed by atoms with Crippen LogP contribution in [0, 0.1) is 0 Å². The third-order valence-electron chi connectivity index (χ3n) is 5.68. The fourth-order valence-electron chi connectivity index (χ4n) is 4.02. The van der Waals surface area contributed by atoms with Crippen LogP contribution < -0.4 is 25.7 Å². The lowest BCUT2D eigenvalue weighted by Gasteiger charge is -2.22. The molecule has 2 heterocycles. The molecule has 0 saturated heterocycles. The average molecular weight is 468 g/mol. The van der Waals surface area contributed by atoms with Crippen LogP contribution in [0.3, 0.4) is 0 Å². The highest BCUT2D eigenvalue weighted by atomic mass is 31.2. The van der Waals surface area contributed by atoms with Crippen molar-refractivity contribution in [2.45, 2.75) is 0 Å². The first-order valence-electron chi connectivity index (χ1n) is 10.4. The SMILES string of the molecule is O=C1C=CC(=O)N1c1ccc(P(=O)(c2ccccc2)c2ccc(N3C(=O)C=CC3=O)cc2)cc1. The monoisotopic (exact) mass is 468 g/mol. The second kappa shape index (κ2) is 8.21. The second-order valence-electron chi connectivity index (χ2n) is 7.67. The Kier molecular flexibility index (Phi) is 5.19. The lowest BCUT2D eigenvalue weighted by atomic mass is 10.3. The van der Waals surface area contributed by atoms with Gasteiger partial charge in [0.25, 0.3) is 23.6 Å². The van der Waals surface area contributed by atoms with Gasteiger partial charge in [-0.3, -0.25) is 19.2 Å². The molecule has 2 aliphatic rings. The molecule has 0 radical (unpaired) electrons. The number of carbonyl (C=O) groups is 4. The van der Waals surface area contributed by atoms with Gasteiger partial charge >= 0.3 is 0 Å². The molecule has 0 aliphatic carbocycles. The summed E-state index contributed by atoms with van der Waals surface area (Å²) in [6.07, 6.45) is 4.83. The van der Waals surface area contributed by atoms with E-state index in [0.29, 0.717) is 27.3 Å². The maximum Gasteiger partial charge on any atom is 0.258 e. The Morgan fingerprint density at radius 1 is 0.441 bits per heavy atom. The summed E-state index contributed by atoms with van der Waals surface area (Å²) in [4.78, 5) is 50.1. The minimum absolute atomic E-state index is 0.386. The molecule has 7 nitrogen and oxygen atoms in total. The third-order valence-corrected chi connectivity index (χ3v) is 8.76. The topological polar surface area (TPSA) is 91.8 Å². The number of rotatable bonds is 5. The van der Waals surface area contributed by atoms with Gasteiger partial charge in [0.05, 0.1) is 11.4 Å². The molecule has 5 rings (SSSR count). The van der Waals surface area contributed by atoms with Gasteiger partial charge in [0.2, 0.25) is 0 Å². The standard InChI is InChI=1S/C26H17N2O5P/c29-23-14-15-24(30)27(23)18-6-10-21(11-7-18)34(33,20-4-2-1-3-5-20)22-12-8-19(9-13-22)28-25(31)16-17-26(28)32/h1-17H. The predicted octanol–water partition coefficient (Wildman–Crippen LogP) is 2.18. The number of amides is 4. The summed E-state index contributed by atoms with van der Waals surface area (Å²) in [6.45, 7) is 0. The number of hydrogen-bond donors (Lipinski definition) is 0. The fraction of sp³-hybridized carbons (Fsp3) is 0. The molecule has 0 N–H and O–H groups in total. The highest BCUT2D eigenvalue weighted by molar-refractivity contribution is 7.85. The van der Waals surface area contributed by atoms with Gasteiger partial charge in [0, 0.05) is 40.2 Å². The minimum Gasteiger partial charge on any atom is -0.309 e. The highest BCUT2D eigenvalue weighted by Gasteiger charge is 2.32. The zero-order valence-corrected chi connectivity index (χ0v) is 18.6. The van der Waals surface area contributed by atoms with Crippen LogP contribution in [0.25, 0.3) is 0 Å². The number of hydrogen-bond acceptors (Lipinski definition) is 5. The number of nitrogens with zero attached hydrogens (tertiary/aromatic N) is 2. The normalized spacial score (nSPS) is 15.6. The molecule has 3 aromatic rings. The van der Waals surface area contributed by atoms with Crippen molar-refractivity contribution < 1.29 is 23.7 Å². The zero-order valence-electron chi connectivity index (χ0n) is 17.7. The Balaban J connectivity index is 1.56. The van der Waals surface area contributed by atoms with Crippen LogP contribution in [0.4, 0.5) is 11.4 Å². The molecule has 0 atom stereocenters. The first-order valence-corrected chi connectivity index (χ1v) is 12.1. The maximum atomic E-state index is 14.6. The quantitative estimate of drug-likeness (QED) is 0.423. The van der Waals surface area contributed by atoms with E-state index in [0.717, 1.165) is 9.80 Å². The van der Waals surface area contributed by atoms with Gasteiger partial charge in [-0.15, -0.1) is 0 Å². The minimum atomic E-state index is -3.35. The van der Waals surface area contributed by atoms with E-state index in [-0.39, 0.29) is 0 Å². The molecule has 4 amide bonds. The van der Waals surface area contributed by atoms with Crippen LogP contribution in [0.2, 0.25) is 0 Å². The van der Waals surface area contributed by atoms with Gasteiger partial charge in [-0.25, -0.2) is 9.80 Å². The van der Waals surface area contributed by atoms with E-state index in [9.17, 15) is 23.7 Å². The largest absolute Gasteiger partial charge is 0.309 e. The van der Waals surface area contributed by atoms with E-state index in [2.05, 4.69) is 0 Å². The Morgan fingerprint density at radius 3 is 1.12 bits per heavy atom. The summed E-state index contributed by atoms with van der Waals surface area (Å²) in [5.41, 5.74) is 0.773. The molecule has 3 aromatic carbocycles. The first kappa shape index (κ1) is 21.5. The molecule has 0 unspecified atom stereocenters. The summed E-state index contributed by atoms with van der Waals surface area (Å²) in [6, 6.07) is 21.9. The van der Waals surface area contributed by atoms with E-state index < -0.39 is 30.8 Å². The van der Waals surface area contributed by atoms with Crippen LogP contribution in [-0.4, -0.2) is 23.6 Å². The Hall–Kier alpha value is -4.35. The lowest BCUT2D eigenvalue weighted by molar-refractivity contribution is -0.121. The molecule has 2 aliphatic heterocycles. The molecular weight excluding hydrogens is 451 g/mol. The van der Waals surface area contributed by atoms with Crippen molar-refractivity contribution in [2.24, 2.45) is 0 Å². The van der Waals surface area contributed by atoms with Crippen molar-refractivity contribution in [1.29, 1.82) is 0 Å². The van der Waals surface area contributed by atoms with E-state index in [1.54, 1.807) is 72.8 Å². The average Bonchev–Trinajstić information content (AvgIpc) is 3.39. The Labute approximate surface area is 195 Å². The van der Waals surface area contributed by atoms with Gasteiger partial charge in [0.1, 0.15) is 0 Å². The number of imide groups is 2. The number of anilines is 2. The van der Waals surface area contributed by atoms with E-state index >= 15 is 0 Å². The second-order valence-corrected chi connectivity index (χ2v) is 10.4. The van der Waals surface area contributed by atoms with Crippen LogP contribution in [0.15, 0.2) is 103 Å². The predicted molar refractivity (Wildman–Crippen MR) is 129 cm³/mol. The zero-order chi connectivity index (χ0) is 23.9. The molecular formula is C26H17N2O5P. The summed E-state index contributed by atoms with van der Waals surface area (Å²) in [5.74, 6) is -1.72. The van der Waals surface area contributed by atoms with E-state index in [1.807, 2.05) is 6.07 Å². The first-order chi connectivity index (χ1) is 16.4. The lowest BCUT2D eigenvalue weighted by Crippen LogP contribution is -2.31. The van der Waals surface area contributed by atoms with Crippen LogP contribution in [0.1, 0.15) is 0 Å². The van der Waals surface area contributed by atoms with Gasteiger partial charge < -0.3 is 4.57 Å². The van der Waals surface area contributed by atoms with Gasteiger partial charge in [-0.05, 0) is 48.5 Å². The van der Waals surface area contributed by atoms with Crippen molar-refractivity contribution in [3.8, 4) is 0 Å². The maximum absolute atomic E-state index is 14.6. The third kappa shape index (κ3) is 3.43. The van der Waals surface area contributed by atoms with Crippen LogP contribution >= 0.6 is 7.14 Å². The molecule has 0 bridgehead atoms. The van der Waals surface area contributed by atoms with Gasteiger partial charge in [-0.1, -0.05) is 30.3 Å². The van der Waals surface area contributed by atoms with Crippen molar-refractivity contribution in [1.82, 2.24) is 0 Å². The number of carbonyl (C=O) groups excluding carboxylic acids is 4. The summed E-state index contributed by atoms with van der Waals surface area (Å²) >= 11 is 0. The van der Waals surface area contributed by atoms with E-state index in [1.165, 1.54) is 24.3 Å². The number of benzene rings is 3. The highest BCUT2D eigenvalue weighted by Crippen LogP contribution is 2.43. The fourth-order valence-corrected chi connectivity index (χ4v) is 6.64. The molecule has 0 saturated carbocycles. The smallest absolute Gasteiger partial charge is 0.258 e. The summed E-state index contributed by atoms with van der Waals surface area (Å²) < 4.78 is 14.6. The van der Waals surface area contributed by atoms with Crippen molar-refractivity contribution in [2.75, 3.05) is 9.80 Å². The van der Waals surface area contributed by atoms with Crippen LogP contribution in [0.5, 0.6) is 0 Å². The molecule has 0 fully saturated rings. The molecule has 166 valence electrons. The molecule has 0 spiro atoms. The van der Waals surface area contributed by atoms with Crippen molar-refractivity contribution >= 4 is 58.1 Å². The molecule has 0 aromatic heterocycles. The van der Waals surface area contributed by atoms with Gasteiger partial charge in [0.15, 0.2) is 7.14 Å². The molecule has 34 heavy (non-hydrogen) atoms. The van der Waals surface area contributed by atoms with Crippen LogP contribution in [-0.2, 0) is 23.7 Å². The van der Waals surface area contributed by atoms with E-state index in [4.69, 9.17) is 0 Å². The summed E-state index contributed by atoms with van der Waals surface area (Å²) in [7, 11) is -3.35. The van der Waals surface area contributed by atoms with Crippen molar-refractivity contribution in [3.63, 3.8) is 0 Å². The van der Waals surface area contributed by atoms with Crippen molar-refractivity contribution in [3.05, 3.63) is 103 Å². The molecule has 8 heteroatoms. The Bertz CT molecular complexity index is 1320.